The first-order chi connectivity index (χ1) is 6.27. The molecule has 0 aliphatic rings. The van der Waals surface area contributed by atoms with E-state index in [1.165, 1.54) is 18.2 Å². The Hall–Kier alpha value is -1.35. The number of rotatable bonds is 4. The second-order valence-corrected chi connectivity index (χ2v) is 2.51. The summed E-state index contributed by atoms with van der Waals surface area (Å²) >= 11 is 0. The molecular formula is C10H11FO2. The van der Waals surface area contributed by atoms with Gasteiger partial charge in [-0.2, -0.15) is 0 Å². The van der Waals surface area contributed by atoms with Gasteiger partial charge < -0.3 is 9.84 Å². The van der Waals surface area contributed by atoms with Crippen molar-refractivity contribution >= 4 is 0 Å². The summed E-state index contributed by atoms with van der Waals surface area (Å²) in [6.45, 7) is 3.60. The van der Waals surface area contributed by atoms with Crippen molar-refractivity contribution in [3.63, 3.8) is 0 Å². The largest absolute Gasteiger partial charge is 0.489 e. The van der Waals surface area contributed by atoms with Gasteiger partial charge in [-0.25, -0.2) is 4.39 Å². The predicted octanol–water partition coefficient (Wildman–Crippen LogP) is 1.88. The standard InChI is InChI=1S/C10H11FO2/c1-2-5-13-10-4-3-9(11)6-8(10)7-12/h2-4,6,12H,1,5,7H2. The monoisotopic (exact) mass is 182 g/mol. The van der Waals surface area contributed by atoms with E-state index in [1.807, 2.05) is 0 Å². The van der Waals surface area contributed by atoms with E-state index in [0.29, 0.717) is 17.9 Å². The zero-order valence-electron chi connectivity index (χ0n) is 7.16. The molecule has 0 aromatic heterocycles. The van der Waals surface area contributed by atoms with Crippen LogP contribution in [0.1, 0.15) is 5.56 Å². The Morgan fingerprint density at radius 1 is 1.54 bits per heavy atom. The molecule has 3 heteroatoms. The first-order valence-electron chi connectivity index (χ1n) is 3.91. The van der Waals surface area contributed by atoms with Gasteiger partial charge in [0.1, 0.15) is 18.2 Å². The SMILES string of the molecule is C=CCOc1ccc(F)cc1CO. The minimum absolute atomic E-state index is 0.232. The Balaban J connectivity index is 2.85. The number of benzene rings is 1. The van der Waals surface area contributed by atoms with E-state index < -0.39 is 0 Å². The number of ether oxygens (including phenoxy) is 1. The van der Waals surface area contributed by atoms with Crippen molar-refractivity contribution in [2.45, 2.75) is 6.61 Å². The third kappa shape index (κ3) is 2.56. The van der Waals surface area contributed by atoms with Crippen molar-refractivity contribution in [3.05, 3.63) is 42.2 Å². The fraction of sp³-hybridized carbons (Fsp3) is 0.200. The highest BCUT2D eigenvalue weighted by Crippen LogP contribution is 2.19. The van der Waals surface area contributed by atoms with E-state index >= 15 is 0 Å². The summed E-state index contributed by atoms with van der Waals surface area (Å²) in [6, 6.07) is 4.03. The quantitative estimate of drug-likeness (QED) is 0.720. The van der Waals surface area contributed by atoms with Gasteiger partial charge in [-0.15, -0.1) is 0 Å². The first kappa shape index (κ1) is 9.74. The Morgan fingerprint density at radius 3 is 2.92 bits per heavy atom. The van der Waals surface area contributed by atoms with Crippen LogP contribution >= 0.6 is 0 Å². The van der Waals surface area contributed by atoms with Crippen LogP contribution in [-0.2, 0) is 6.61 Å². The van der Waals surface area contributed by atoms with Gasteiger partial charge in [0.15, 0.2) is 0 Å². The van der Waals surface area contributed by atoms with Crippen LogP contribution in [0.2, 0.25) is 0 Å². The van der Waals surface area contributed by atoms with Gasteiger partial charge in [-0.1, -0.05) is 12.7 Å². The van der Waals surface area contributed by atoms with Crippen LogP contribution in [0.4, 0.5) is 4.39 Å². The molecule has 0 radical (unpaired) electrons. The third-order valence-electron chi connectivity index (χ3n) is 1.55. The number of halogens is 1. The molecule has 2 nitrogen and oxygen atoms in total. The first-order valence-corrected chi connectivity index (χ1v) is 3.91. The highest BCUT2D eigenvalue weighted by molar-refractivity contribution is 5.33. The topological polar surface area (TPSA) is 29.5 Å². The summed E-state index contributed by atoms with van der Waals surface area (Å²) < 4.78 is 17.9. The van der Waals surface area contributed by atoms with Gasteiger partial charge in [0.2, 0.25) is 0 Å². The molecule has 0 fully saturated rings. The summed E-state index contributed by atoms with van der Waals surface area (Å²) in [6.07, 6.45) is 1.59. The molecule has 1 aromatic carbocycles. The number of hydrogen-bond acceptors (Lipinski definition) is 2. The lowest BCUT2D eigenvalue weighted by atomic mass is 10.2. The van der Waals surface area contributed by atoms with Crippen LogP contribution < -0.4 is 4.74 Å². The molecule has 0 heterocycles. The molecule has 0 atom stereocenters. The van der Waals surface area contributed by atoms with Crippen LogP contribution in [0.5, 0.6) is 5.75 Å². The Kier molecular flexibility index (Phi) is 3.46. The zero-order valence-corrected chi connectivity index (χ0v) is 7.16. The van der Waals surface area contributed by atoms with Crippen LogP contribution in [-0.4, -0.2) is 11.7 Å². The van der Waals surface area contributed by atoms with Gasteiger partial charge in [0.05, 0.1) is 6.61 Å². The van der Waals surface area contributed by atoms with Gasteiger partial charge in [-0.05, 0) is 18.2 Å². The molecule has 70 valence electrons. The highest BCUT2D eigenvalue weighted by Gasteiger charge is 2.03. The van der Waals surface area contributed by atoms with Crippen molar-refractivity contribution in [2.24, 2.45) is 0 Å². The average Bonchev–Trinajstić information content (AvgIpc) is 2.16. The van der Waals surface area contributed by atoms with Gasteiger partial charge in [-0.3, -0.25) is 0 Å². The predicted molar refractivity (Wildman–Crippen MR) is 48.0 cm³/mol. The second kappa shape index (κ2) is 4.62. The zero-order chi connectivity index (χ0) is 9.68. The summed E-state index contributed by atoms with van der Waals surface area (Å²) in [5, 5.41) is 8.87. The van der Waals surface area contributed by atoms with Gasteiger partial charge in [0.25, 0.3) is 0 Å². The molecule has 0 amide bonds. The van der Waals surface area contributed by atoms with Crippen LogP contribution in [0.3, 0.4) is 0 Å². The van der Waals surface area contributed by atoms with E-state index in [-0.39, 0.29) is 12.4 Å². The summed E-state index contributed by atoms with van der Waals surface area (Å²) in [5.74, 6) is 0.110. The Bertz CT molecular complexity index is 297. The minimum Gasteiger partial charge on any atom is -0.489 e. The van der Waals surface area contributed by atoms with Crippen molar-refractivity contribution in [3.8, 4) is 5.75 Å². The van der Waals surface area contributed by atoms with Crippen molar-refractivity contribution in [1.82, 2.24) is 0 Å². The number of aliphatic hydroxyl groups is 1. The van der Waals surface area contributed by atoms with Crippen molar-refractivity contribution in [1.29, 1.82) is 0 Å². The maximum atomic E-state index is 12.7. The van der Waals surface area contributed by atoms with Gasteiger partial charge in [0, 0.05) is 5.56 Å². The molecule has 0 aliphatic heterocycles. The average molecular weight is 182 g/mol. The molecule has 0 spiro atoms. The molecule has 0 aliphatic carbocycles. The molecule has 0 bridgehead atoms. The number of aliphatic hydroxyl groups excluding tert-OH is 1. The molecule has 0 unspecified atom stereocenters. The second-order valence-electron chi connectivity index (χ2n) is 2.51. The summed E-state index contributed by atoms with van der Waals surface area (Å²) in [4.78, 5) is 0. The molecular weight excluding hydrogens is 171 g/mol. The van der Waals surface area contributed by atoms with Gasteiger partial charge >= 0.3 is 0 Å². The van der Waals surface area contributed by atoms with Crippen LogP contribution in [0, 0.1) is 5.82 Å². The van der Waals surface area contributed by atoms with E-state index in [1.54, 1.807) is 6.08 Å². The lowest BCUT2D eigenvalue weighted by Crippen LogP contribution is -1.97. The van der Waals surface area contributed by atoms with E-state index in [4.69, 9.17) is 9.84 Å². The molecule has 1 aromatic rings. The summed E-state index contributed by atoms with van der Waals surface area (Å²) in [5.41, 5.74) is 0.446. The van der Waals surface area contributed by atoms with Crippen molar-refractivity contribution in [2.75, 3.05) is 6.61 Å². The Labute approximate surface area is 76.3 Å². The van der Waals surface area contributed by atoms with E-state index in [2.05, 4.69) is 6.58 Å². The summed E-state index contributed by atoms with van der Waals surface area (Å²) in [7, 11) is 0. The lowest BCUT2D eigenvalue weighted by molar-refractivity contribution is 0.269. The Morgan fingerprint density at radius 2 is 2.31 bits per heavy atom. The van der Waals surface area contributed by atoms with Crippen molar-refractivity contribution < 1.29 is 14.2 Å². The van der Waals surface area contributed by atoms with E-state index in [9.17, 15) is 4.39 Å². The normalized spacial score (nSPS) is 9.69. The number of hydrogen-bond donors (Lipinski definition) is 1. The molecule has 1 rings (SSSR count). The van der Waals surface area contributed by atoms with Crippen LogP contribution in [0.25, 0.3) is 0 Å². The molecule has 0 saturated carbocycles. The lowest BCUT2D eigenvalue weighted by Gasteiger charge is -2.07. The van der Waals surface area contributed by atoms with E-state index in [0.717, 1.165) is 0 Å². The highest BCUT2D eigenvalue weighted by atomic mass is 19.1. The molecule has 1 N–H and O–H groups in total. The fourth-order valence-electron chi connectivity index (χ4n) is 0.961. The fourth-order valence-corrected chi connectivity index (χ4v) is 0.961. The molecule has 0 saturated heterocycles. The molecule has 13 heavy (non-hydrogen) atoms. The van der Waals surface area contributed by atoms with Crippen LogP contribution in [0.15, 0.2) is 30.9 Å². The minimum atomic E-state index is -0.380. The smallest absolute Gasteiger partial charge is 0.125 e. The maximum Gasteiger partial charge on any atom is 0.125 e. The maximum absolute atomic E-state index is 12.7. The third-order valence-corrected chi connectivity index (χ3v) is 1.55.